The van der Waals surface area contributed by atoms with Gasteiger partial charge in [0.15, 0.2) is 18.1 Å². The summed E-state index contributed by atoms with van der Waals surface area (Å²) in [6, 6.07) is 15.5. The number of ether oxygens (including phenoxy) is 3. The number of benzene rings is 3. The second-order valence-corrected chi connectivity index (χ2v) is 7.36. The fourth-order valence-corrected chi connectivity index (χ4v) is 2.87. The number of carbonyl (C=O) groups excluding carboxylic acids is 2. The standard InChI is InChI=1S/C26H25FN2O5/c1-4-32-24-14-19(6-12-23(24)34-26(31)20-7-9-21(27)10-8-20)15-28-29-25(30)16-33-22-11-5-17(2)18(3)13-22/h5-15H,4,16H2,1-3H3,(H,29,30)/b28-15-. The first-order valence-electron chi connectivity index (χ1n) is 10.6. The second-order valence-electron chi connectivity index (χ2n) is 7.36. The van der Waals surface area contributed by atoms with Crippen LogP contribution in [0.3, 0.4) is 0 Å². The van der Waals surface area contributed by atoms with Crippen molar-refractivity contribution < 1.29 is 28.2 Å². The zero-order valence-electron chi connectivity index (χ0n) is 19.1. The summed E-state index contributed by atoms with van der Waals surface area (Å²) in [6.45, 7) is 5.93. The minimum atomic E-state index is -0.640. The summed E-state index contributed by atoms with van der Waals surface area (Å²) in [6.07, 6.45) is 1.43. The van der Waals surface area contributed by atoms with Gasteiger partial charge in [-0.05, 0) is 92.1 Å². The molecule has 8 heteroatoms. The first kappa shape index (κ1) is 24.4. The number of amides is 1. The van der Waals surface area contributed by atoms with E-state index in [0.29, 0.717) is 23.7 Å². The Hall–Kier alpha value is -4.20. The van der Waals surface area contributed by atoms with E-state index in [4.69, 9.17) is 14.2 Å². The number of halogens is 1. The Balaban J connectivity index is 1.59. The third kappa shape index (κ3) is 6.90. The van der Waals surface area contributed by atoms with Crippen LogP contribution in [0.25, 0.3) is 0 Å². The van der Waals surface area contributed by atoms with Gasteiger partial charge in [0.25, 0.3) is 5.91 Å². The quantitative estimate of drug-likeness (QED) is 0.217. The Morgan fingerprint density at radius 1 is 0.941 bits per heavy atom. The van der Waals surface area contributed by atoms with Crippen molar-refractivity contribution in [3.8, 4) is 17.2 Å². The average molecular weight is 464 g/mol. The van der Waals surface area contributed by atoms with E-state index < -0.39 is 17.7 Å². The van der Waals surface area contributed by atoms with Gasteiger partial charge in [0.05, 0.1) is 18.4 Å². The Kier molecular flexibility index (Phi) is 8.34. The number of hydrogen-bond donors (Lipinski definition) is 1. The second kappa shape index (κ2) is 11.6. The maximum absolute atomic E-state index is 13.1. The van der Waals surface area contributed by atoms with Crippen molar-refractivity contribution >= 4 is 18.1 Å². The molecule has 1 amide bonds. The molecule has 3 aromatic rings. The highest BCUT2D eigenvalue weighted by Gasteiger charge is 2.13. The molecule has 0 aromatic heterocycles. The highest BCUT2D eigenvalue weighted by atomic mass is 19.1. The Morgan fingerprint density at radius 2 is 1.71 bits per heavy atom. The molecule has 0 heterocycles. The maximum Gasteiger partial charge on any atom is 0.343 e. The summed E-state index contributed by atoms with van der Waals surface area (Å²) in [5.41, 5.74) is 5.44. The van der Waals surface area contributed by atoms with Gasteiger partial charge in [-0.3, -0.25) is 4.79 Å². The van der Waals surface area contributed by atoms with E-state index in [1.165, 1.54) is 30.5 Å². The lowest BCUT2D eigenvalue weighted by atomic mass is 10.1. The molecule has 0 spiro atoms. The number of esters is 1. The van der Waals surface area contributed by atoms with Crippen LogP contribution in [-0.2, 0) is 4.79 Å². The van der Waals surface area contributed by atoms with E-state index in [0.717, 1.165) is 11.1 Å². The minimum absolute atomic E-state index is 0.178. The van der Waals surface area contributed by atoms with E-state index >= 15 is 0 Å². The van der Waals surface area contributed by atoms with Crippen molar-refractivity contribution in [1.29, 1.82) is 0 Å². The van der Waals surface area contributed by atoms with Crippen LogP contribution >= 0.6 is 0 Å². The van der Waals surface area contributed by atoms with Crippen molar-refractivity contribution in [3.05, 3.63) is 88.7 Å². The number of hydrazone groups is 1. The monoisotopic (exact) mass is 464 g/mol. The summed E-state index contributed by atoms with van der Waals surface area (Å²) >= 11 is 0. The van der Waals surface area contributed by atoms with Gasteiger partial charge in [0.2, 0.25) is 0 Å². The lowest BCUT2D eigenvalue weighted by Crippen LogP contribution is -2.24. The zero-order valence-corrected chi connectivity index (χ0v) is 19.1. The van der Waals surface area contributed by atoms with Crippen molar-refractivity contribution in [2.75, 3.05) is 13.2 Å². The van der Waals surface area contributed by atoms with Crippen molar-refractivity contribution in [2.45, 2.75) is 20.8 Å². The number of nitrogens with zero attached hydrogens (tertiary/aromatic N) is 1. The van der Waals surface area contributed by atoms with Crippen molar-refractivity contribution in [2.24, 2.45) is 5.10 Å². The molecule has 0 aliphatic rings. The van der Waals surface area contributed by atoms with Gasteiger partial charge in [-0.25, -0.2) is 14.6 Å². The molecule has 3 aromatic carbocycles. The largest absolute Gasteiger partial charge is 0.490 e. The number of hydrogen-bond acceptors (Lipinski definition) is 6. The smallest absolute Gasteiger partial charge is 0.343 e. The van der Waals surface area contributed by atoms with Gasteiger partial charge in [0.1, 0.15) is 11.6 Å². The Morgan fingerprint density at radius 3 is 2.41 bits per heavy atom. The first-order chi connectivity index (χ1) is 16.4. The highest BCUT2D eigenvalue weighted by molar-refractivity contribution is 5.91. The molecule has 0 aliphatic heterocycles. The number of aryl methyl sites for hydroxylation is 2. The van der Waals surface area contributed by atoms with E-state index in [9.17, 15) is 14.0 Å². The van der Waals surface area contributed by atoms with Gasteiger partial charge in [-0.2, -0.15) is 5.10 Å². The van der Waals surface area contributed by atoms with Gasteiger partial charge in [-0.1, -0.05) is 6.07 Å². The molecular weight excluding hydrogens is 439 g/mol. The summed E-state index contributed by atoms with van der Waals surface area (Å²) in [5.74, 6) is -0.360. The summed E-state index contributed by atoms with van der Waals surface area (Å²) < 4.78 is 29.5. The van der Waals surface area contributed by atoms with Gasteiger partial charge in [-0.15, -0.1) is 0 Å². The molecule has 0 fully saturated rings. The van der Waals surface area contributed by atoms with Crippen LogP contribution in [0, 0.1) is 19.7 Å². The highest BCUT2D eigenvalue weighted by Crippen LogP contribution is 2.29. The molecular formula is C26H25FN2O5. The number of nitrogens with one attached hydrogen (secondary N) is 1. The van der Waals surface area contributed by atoms with Gasteiger partial charge in [0, 0.05) is 0 Å². The molecule has 0 saturated carbocycles. The molecule has 0 saturated heterocycles. The molecule has 1 N–H and O–H groups in total. The fraction of sp³-hybridized carbons (Fsp3) is 0.192. The molecule has 0 unspecified atom stereocenters. The van der Waals surface area contributed by atoms with Crippen LogP contribution in [0.15, 0.2) is 65.8 Å². The lowest BCUT2D eigenvalue weighted by molar-refractivity contribution is -0.123. The zero-order chi connectivity index (χ0) is 24.5. The number of rotatable bonds is 9. The molecule has 0 bridgehead atoms. The lowest BCUT2D eigenvalue weighted by Gasteiger charge is -2.11. The molecule has 34 heavy (non-hydrogen) atoms. The fourth-order valence-electron chi connectivity index (χ4n) is 2.87. The molecule has 176 valence electrons. The molecule has 7 nitrogen and oxygen atoms in total. The van der Waals surface area contributed by atoms with Crippen molar-refractivity contribution in [3.63, 3.8) is 0 Å². The summed E-state index contributed by atoms with van der Waals surface area (Å²) in [7, 11) is 0. The normalized spacial score (nSPS) is 10.7. The van der Waals surface area contributed by atoms with Crippen LogP contribution in [0.5, 0.6) is 17.2 Å². The van der Waals surface area contributed by atoms with E-state index in [-0.39, 0.29) is 17.9 Å². The predicted molar refractivity (Wildman–Crippen MR) is 126 cm³/mol. The molecule has 0 aliphatic carbocycles. The number of carbonyl (C=O) groups is 2. The van der Waals surface area contributed by atoms with E-state index in [1.807, 2.05) is 26.0 Å². The topological polar surface area (TPSA) is 86.2 Å². The van der Waals surface area contributed by atoms with Crippen molar-refractivity contribution in [1.82, 2.24) is 5.43 Å². The first-order valence-corrected chi connectivity index (χ1v) is 10.6. The van der Waals surface area contributed by atoms with Crippen LogP contribution < -0.4 is 19.6 Å². The summed E-state index contributed by atoms with van der Waals surface area (Å²) in [5, 5.41) is 3.93. The third-order valence-electron chi connectivity index (χ3n) is 4.80. The Labute approximate surface area is 197 Å². The average Bonchev–Trinajstić information content (AvgIpc) is 2.82. The molecule has 0 atom stereocenters. The minimum Gasteiger partial charge on any atom is -0.490 e. The van der Waals surface area contributed by atoms with Gasteiger partial charge < -0.3 is 14.2 Å². The third-order valence-corrected chi connectivity index (χ3v) is 4.80. The Bertz CT molecular complexity index is 1190. The van der Waals surface area contributed by atoms with Gasteiger partial charge >= 0.3 is 5.97 Å². The predicted octanol–water partition coefficient (Wildman–Crippen LogP) is 4.59. The summed E-state index contributed by atoms with van der Waals surface area (Å²) in [4.78, 5) is 24.3. The van der Waals surface area contributed by atoms with E-state index in [1.54, 1.807) is 31.2 Å². The van der Waals surface area contributed by atoms with Crippen LogP contribution in [-0.4, -0.2) is 31.3 Å². The van der Waals surface area contributed by atoms with E-state index in [2.05, 4.69) is 10.5 Å². The molecule has 0 radical (unpaired) electrons. The van der Waals surface area contributed by atoms with Crippen LogP contribution in [0.4, 0.5) is 4.39 Å². The molecule has 3 rings (SSSR count). The van der Waals surface area contributed by atoms with Crippen LogP contribution in [0.2, 0.25) is 0 Å². The van der Waals surface area contributed by atoms with Crippen LogP contribution in [0.1, 0.15) is 34.0 Å². The maximum atomic E-state index is 13.1. The SMILES string of the molecule is CCOc1cc(/C=N\NC(=O)COc2ccc(C)c(C)c2)ccc1OC(=O)c1ccc(F)cc1.